The lowest BCUT2D eigenvalue weighted by atomic mass is 10.1. The molecule has 0 N–H and O–H groups in total. The second-order valence-electron chi connectivity index (χ2n) is 5.03. The Labute approximate surface area is 141 Å². The number of ether oxygens (including phenoxy) is 1. The van der Waals surface area contributed by atoms with Crippen molar-refractivity contribution in [1.82, 2.24) is 0 Å². The van der Waals surface area contributed by atoms with Gasteiger partial charge in [-0.15, -0.1) is 13.2 Å². The van der Waals surface area contributed by atoms with Gasteiger partial charge in [-0.2, -0.15) is 13.2 Å². The van der Waals surface area contributed by atoms with E-state index in [1.807, 2.05) is 30.3 Å². The van der Waals surface area contributed by atoms with Crippen LogP contribution in [0.2, 0.25) is 0 Å². The van der Waals surface area contributed by atoms with Crippen LogP contribution in [0.4, 0.5) is 13.2 Å². The van der Waals surface area contributed by atoms with E-state index in [4.69, 9.17) is 4.74 Å². The molecule has 0 heterocycles. The van der Waals surface area contributed by atoms with Gasteiger partial charge >= 0.3 is 6.18 Å². The van der Waals surface area contributed by atoms with Gasteiger partial charge in [-0.05, 0) is 48.2 Å². The lowest BCUT2D eigenvalue weighted by molar-refractivity contribution is -0.137. The van der Waals surface area contributed by atoms with Crippen molar-refractivity contribution in [3.63, 3.8) is 0 Å². The van der Waals surface area contributed by atoms with Crippen molar-refractivity contribution in [1.29, 1.82) is 0 Å². The van der Waals surface area contributed by atoms with Crippen LogP contribution < -0.4 is 4.74 Å². The van der Waals surface area contributed by atoms with E-state index in [1.165, 1.54) is 17.7 Å². The average molecular weight is 334 g/mol. The van der Waals surface area contributed by atoms with Crippen molar-refractivity contribution in [2.75, 3.05) is 7.11 Å². The normalized spacial score (nSPS) is 10.3. The number of hydrogen-bond donors (Lipinski definition) is 0. The fourth-order valence-corrected chi connectivity index (χ4v) is 1.92. The van der Waals surface area contributed by atoms with Gasteiger partial charge in [0.05, 0.1) is 12.7 Å². The largest absolute Gasteiger partial charge is 0.497 e. The molecule has 0 unspecified atom stereocenters. The van der Waals surface area contributed by atoms with Crippen molar-refractivity contribution in [3.05, 3.63) is 90.5 Å². The molecule has 128 valence electrons. The summed E-state index contributed by atoms with van der Waals surface area (Å²) in [5, 5.41) is 0. The molecule has 0 amide bonds. The van der Waals surface area contributed by atoms with Crippen LogP contribution in [0.1, 0.15) is 16.7 Å². The van der Waals surface area contributed by atoms with Gasteiger partial charge in [0.1, 0.15) is 5.75 Å². The monoisotopic (exact) mass is 334 g/mol. The Morgan fingerprint density at radius 2 is 1.25 bits per heavy atom. The van der Waals surface area contributed by atoms with E-state index in [0.717, 1.165) is 29.9 Å². The molecule has 0 spiro atoms. The summed E-state index contributed by atoms with van der Waals surface area (Å²) in [4.78, 5) is 0. The zero-order valence-corrected chi connectivity index (χ0v) is 13.6. The molecule has 0 saturated heterocycles. The Morgan fingerprint density at radius 3 is 1.58 bits per heavy atom. The van der Waals surface area contributed by atoms with Crippen molar-refractivity contribution in [2.45, 2.75) is 19.0 Å². The number of allylic oxidation sites excluding steroid dienone is 2. The first-order chi connectivity index (χ1) is 11.4. The Bertz CT molecular complexity index is 625. The van der Waals surface area contributed by atoms with Gasteiger partial charge in [-0.25, -0.2) is 0 Å². The molecule has 24 heavy (non-hydrogen) atoms. The molecule has 2 aromatic carbocycles. The summed E-state index contributed by atoms with van der Waals surface area (Å²) in [6.45, 7) is 7.17. The third-order valence-corrected chi connectivity index (χ3v) is 3.20. The highest BCUT2D eigenvalue weighted by molar-refractivity contribution is 5.28. The highest BCUT2D eigenvalue weighted by Crippen LogP contribution is 2.29. The summed E-state index contributed by atoms with van der Waals surface area (Å²) in [6.07, 6.45) is 0.819. The van der Waals surface area contributed by atoms with Crippen LogP contribution in [-0.2, 0) is 19.0 Å². The van der Waals surface area contributed by atoms with Gasteiger partial charge < -0.3 is 4.74 Å². The fourth-order valence-electron chi connectivity index (χ4n) is 1.92. The third kappa shape index (κ3) is 6.73. The Morgan fingerprint density at radius 1 is 0.833 bits per heavy atom. The molecule has 0 fully saturated rings. The van der Waals surface area contributed by atoms with Crippen molar-refractivity contribution < 1.29 is 17.9 Å². The van der Waals surface area contributed by atoms with Crippen molar-refractivity contribution >= 4 is 0 Å². The summed E-state index contributed by atoms with van der Waals surface area (Å²) >= 11 is 0. The van der Waals surface area contributed by atoms with Gasteiger partial charge in [0.2, 0.25) is 0 Å². The van der Waals surface area contributed by atoms with Crippen LogP contribution in [-0.4, -0.2) is 7.11 Å². The number of benzene rings is 2. The van der Waals surface area contributed by atoms with Gasteiger partial charge in [-0.1, -0.05) is 36.4 Å². The summed E-state index contributed by atoms with van der Waals surface area (Å²) in [7, 11) is 1.67. The van der Waals surface area contributed by atoms with Crippen LogP contribution in [0.3, 0.4) is 0 Å². The van der Waals surface area contributed by atoms with E-state index in [9.17, 15) is 13.2 Å². The second kappa shape index (κ2) is 9.60. The van der Waals surface area contributed by atoms with Gasteiger partial charge in [-0.3, -0.25) is 0 Å². The minimum atomic E-state index is -4.24. The molecular weight excluding hydrogens is 313 g/mol. The predicted molar refractivity (Wildman–Crippen MR) is 92.2 cm³/mol. The van der Waals surface area contributed by atoms with Crippen LogP contribution in [0, 0.1) is 0 Å². The number of alkyl halides is 3. The highest BCUT2D eigenvalue weighted by atomic mass is 19.4. The summed E-state index contributed by atoms with van der Waals surface area (Å²) < 4.78 is 41.3. The van der Waals surface area contributed by atoms with E-state index in [0.29, 0.717) is 6.42 Å². The maximum Gasteiger partial charge on any atom is 0.416 e. The topological polar surface area (TPSA) is 9.23 Å². The van der Waals surface area contributed by atoms with Gasteiger partial charge in [0.15, 0.2) is 0 Å². The SMILES string of the molecule is C=CCc1ccc(C(F)(F)F)cc1.C=CCc1ccc(OC)cc1. The molecule has 0 saturated carbocycles. The van der Waals surface area contributed by atoms with E-state index >= 15 is 0 Å². The maximum atomic E-state index is 12.1. The van der Waals surface area contributed by atoms with E-state index in [-0.39, 0.29) is 0 Å². The Kier molecular flexibility index (Phi) is 7.83. The molecule has 4 heteroatoms. The standard InChI is InChI=1S/C10H9F3.C10H12O/c1-2-3-8-4-6-9(7-5-8)10(11,12)13;1-3-4-9-5-7-10(11-2)8-6-9/h2,4-7H,1,3H2;3,5-8H,1,4H2,2H3. The molecule has 0 atom stereocenters. The second-order valence-corrected chi connectivity index (χ2v) is 5.03. The minimum Gasteiger partial charge on any atom is -0.497 e. The molecule has 2 rings (SSSR count). The lowest BCUT2D eigenvalue weighted by Gasteiger charge is -2.06. The molecule has 0 radical (unpaired) electrons. The molecule has 0 bridgehead atoms. The zero-order valence-electron chi connectivity index (χ0n) is 13.6. The Hall–Kier alpha value is -2.49. The number of methoxy groups -OCH3 is 1. The van der Waals surface area contributed by atoms with Crippen LogP contribution in [0.15, 0.2) is 73.8 Å². The van der Waals surface area contributed by atoms with Crippen LogP contribution in [0.5, 0.6) is 5.75 Å². The first-order valence-corrected chi connectivity index (χ1v) is 7.41. The smallest absolute Gasteiger partial charge is 0.416 e. The number of rotatable bonds is 5. The first-order valence-electron chi connectivity index (χ1n) is 7.41. The molecule has 0 aromatic heterocycles. The molecule has 0 aliphatic carbocycles. The number of halogens is 3. The minimum absolute atomic E-state index is 0.595. The van der Waals surface area contributed by atoms with Crippen molar-refractivity contribution in [3.8, 4) is 5.75 Å². The summed E-state index contributed by atoms with van der Waals surface area (Å²) in [6, 6.07) is 13.1. The third-order valence-electron chi connectivity index (χ3n) is 3.20. The molecular formula is C20H21F3O. The molecule has 0 aliphatic heterocycles. The highest BCUT2D eigenvalue weighted by Gasteiger charge is 2.29. The van der Waals surface area contributed by atoms with E-state index in [2.05, 4.69) is 13.2 Å². The van der Waals surface area contributed by atoms with E-state index < -0.39 is 11.7 Å². The molecule has 2 aromatic rings. The maximum absolute atomic E-state index is 12.1. The first kappa shape index (κ1) is 19.6. The van der Waals surface area contributed by atoms with E-state index in [1.54, 1.807) is 13.2 Å². The van der Waals surface area contributed by atoms with Crippen LogP contribution >= 0.6 is 0 Å². The average Bonchev–Trinajstić information content (AvgIpc) is 2.56. The quantitative estimate of drug-likeness (QED) is 0.623. The van der Waals surface area contributed by atoms with Gasteiger partial charge in [0, 0.05) is 0 Å². The number of hydrogen-bond acceptors (Lipinski definition) is 1. The van der Waals surface area contributed by atoms with Crippen molar-refractivity contribution in [2.24, 2.45) is 0 Å². The fraction of sp³-hybridized carbons (Fsp3) is 0.200. The lowest BCUT2D eigenvalue weighted by Crippen LogP contribution is -2.04. The summed E-state index contributed by atoms with van der Waals surface area (Å²) in [5.74, 6) is 0.901. The molecule has 1 nitrogen and oxygen atoms in total. The molecule has 0 aliphatic rings. The van der Waals surface area contributed by atoms with Gasteiger partial charge in [0.25, 0.3) is 0 Å². The summed E-state index contributed by atoms with van der Waals surface area (Å²) in [5.41, 5.74) is 1.49. The zero-order chi connectivity index (χ0) is 18.0. The van der Waals surface area contributed by atoms with Crippen LogP contribution in [0.25, 0.3) is 0 Å². The Balaban J connectivity index is 0.000000243. The predicted octanol–water partition coefficient (Wildman–Crippen LogP) is 5.86.